The number of rotatable bonds is 5. The van der Waals surface area contributed by atoms with E-state index >= 15 is 0 Å². The van der Waals surface area contributed by atoms with Crippen LogP contribution >= 0.6 is 0 Å². The van der Waals surface area contributed by atoms with Gasteiger partial charge >= 0.3 is 5.97 Å². The van der Waals surface area contributed by atoms with Crippen LogP contribution in [0.4, 0.5) is 0 Å². The first-order valence-electron chi connectivity index (χ1n) is 7.06. The minimum Gasteiger partial charge on any atom is -0.490 e. The normalized spacial score (nSPS) is 16.7. The lowest BCUT2D eigenvalue weighted by Gasteiger charge is -2.12. The van der Waals surface area contributed by atoms with Gasteiger partial charge in [-0.1, -0.05) is 6.92 Å². The molecule has 5 nitrogen and oxygen atoms in total. The first kappa shape index (κ1) is 15.8. The van der Waals surface area contributed by atoms with Gasteiger partial charge < -0.3 is 14.2 Å². The lowest BCUT2D eigenvalue weighted by Crippen LogP contribution is -2.20. The standard InChI is InChI=1S/C15H20O5S/c1-3-18-15(16)11(2)10-21(17)12-5-6-13-14(9-12)20-8-4-7-19-13/h5-6,9,11H,3-4,7-8,10H2,1-2H3. The Morgan fingerprint density at radius 2 is 2.05 bits per heavy atom. The molecule has 0 bridgehead atoms. The molecule has 0 spiro atoms. The fourth-order valence-electron chi connectivity index (χ4n) is 1.96. The van der Waals surface area contributed by atoms with Gasteiger partial charge in [0.25, 0.3) is 0 Å². The lowest BCUT2D eigenvalue weighted by molar-refractivity contribution is -0.146. The monoisotopic (exact) mass is 312 g/mol. The molecule has 1 heterocycles. The van der Waals surface area contributed by atoms with E-state index in [-0.39, 0.29) is 11.7 Å². The number of hydrogen-bond acceptors (Lipinski definition) is 5. The third-order valence-electron chi connectivity index (χ3n) is 3.07. The van der Waals surface area contributed by atoms with Crippen LogP contribution in [-0.4, -0.2) is 35.8 Å². The molecule has 1 aromatic carbocycles. The molecule has 0 fully saturated rings. The van der Waals surface area contributed by atoms with Crippen molar-refractivity contribution in [1.29, 1.82) is 0 Å². The van der Waals surface area contributed by atoms with Crippen LogP contribution in [0.15, 0.2) is 23.1 Å². The summed E-state index contributed by atoms with van der Waals surface area (Å²) < 4.78 is 28.4. The molecule has 2 rings (SSSR count). The van der Waals surface area contributed by atoms with Crippen molar-refractivity contribution in [3.8, 4) is 11.5 Å². The summed E-state index contributed by atoms with van der Waals surface area (Å²) in [4.78, 5) is 12.2. The maximum absolute atomic E-state index is 12.3. The number of fused-ring (bicyclic) bond motifs is 1. The molecule has 2 unspecified atom stereocenters. The van der Waals surface area contributed by atoms with Crippen molar-refractivity contribution in [2.24, 2.45) is 5.92 Å². The van der Waals surface area contributed by atoms with Crippen molar-refractivity contribution in [3.05, 3.63) is 18.2 Å². The van der Waals surface area contributed by atoms with Crippen LogP contribution < -0.4 is 9.47 Å². The molecule has 1 aromatic rings. The molecule has 2 atom stereocenters. The summed E-state index contributed by atoms with van der Waals surface area (Å²) in [6, 6.07) is 5.25. The van der Waals surface area contributed by atoms with E-state index in [1.165, 1.54) is 0 Å². The fourth-order valence-corrected chi connectivity index (χ4v) is 3.20. The highest BCUT2D eigenvalue weighted by molar-refractivity contribution is 7.85. The van der Waals surface area contributed by atoms with Crippen LogP contribution in [0, 0.1) is 5.92 Å². The summed E-state index contributed by atoms with van der Waals surface area (Å²) in [5.41, 5.74) is 0. The second kappa shape index (κ2) is 7.45. The van der Waals surface area contributed by atoms with Gasteiger partial charge in [-0.2, -0.15) is 0 Å². The van der Waals surface area contributed by atoms with Gasteiger partial charge in [-0.25, -0.2) is 0 Å². The molecule has 0 N–H and O–H groups in total. The smallest absolute Gasteiger partial charge is 0.309 e. The Hall–Kier alpha value is -1.56. The Morgan fingerprint density at radius 1 is 1.33 bits per heavy atom. The predicted molar refractivity (Wildman–Crippen MR) is 79.1 cm³/mol. The topological polar surface area (TPSA) is 61.8 Å². The average Bonchev–Trinajstić information content (AvgIpc) is 2.71. The molecule has 116 valence electrons. The number of carbonyl (C=O) groups excluding carboxylic acids is 1. The van der Waals surface area contributed by atoms with E-state index in [2.05, 4.69) is 0 Å². The Labute approximate surface area is 127 Å². The lowest BCUT2D eigenvalue weighted by atomic mass is 10.2. The number of benzene rings is 1. The number of hydrogen-bond donors (Lipinski definition) is 0. The third kappa shape index (κ3) is 4.20. The molecule has 0 amide bonds. The van der Waals surface area contributed by atoms with Gasteiger partial charge in [0, 0.05) is 23.1 Å². The molecule has 0 saturated heterocycles. The van der Waals surface area contributed by atoms with Crippen LogP contribution in [0.3, 0.4) is 0 Å². The van der Waals surface area contributed by atoms with Gasteiger partial charge in [-0.3, -0.25) is 9.00 Å². The van der Waals surface area contributed by atoms with Gasteiger partial charge in [0.1, 0.15) is 0 Å². The Balaban J connectivity index is 2.06. The van der Waals surface area contributed by atoms with E-state index in [1.54, 1.807) is 32.0 Å². The van der Waals surface area contributed by atoms with E-state index in [0.29, 0.717) is 36.2 Å². The summed E-state index contributed by atoms with van der Waals surface area (Å²) in [7, 11) is -1.28. The SMILES string of the molecule is CCOC(=O)C(C)CS(=O)c1ccc2c(c1)OCCCO2. The molecule has 0 saturated carbocycles. The van der Waals surface area contributed by atoms with E-state index < -0.39 is 16.7 Å². The number of carbonyl (C=O) groups is 1. The Kier molecular flexibility index (Phi) is 5.61. The zero-order valence-electron chi connectivity index (χ0n) is 12.3. The summed E-state index contributed by atoms with van der Waals surface area (Å²) in [6.07, 6.45) is 0.826. The van der Waals surface area contributed by atoms with Crippen molar-refractivity contribution >= 4 is 16.8 Å². The summed E-state index contributed by atoms with van der Waals surface area (Å²) in [5, 5.41) is 0. The highest BCUT2D eigenvalue weighted by Gasteiger charge is 2.20. The van der Waals surface area contributed by atoms with Crippen molar-refractivity contribution < 1.29 is 23.2 Å². The van der Waals surface area contributed by atoms with Gasteiger partial charge in [-0.05, 0) is 19.1 Å². The summed E-state index contributed by atoms with van der Waals surface area (Å²) in [5.74, 6) is 0.800. The minimum atomic E-state index is -1.28. The zero-order valence-corrected chi connectivity index (χ0v) is 13.1. The second-order valence-corrected chi connectivity index (χ2v) is 6.32. The fraction of sp³-hybridized carbons (Fsp3) is 0.533. The molecular formula is C15H20O5S. The highest BCUT2D eigenvalue weighted by atomic mass is 32.2. The van der Waals surface area contributed by atoms with Crippen molar-refractivity contribution in [2.75, 3.05) is 25.6 Å². The van der Waals surface area contributed by atoms with E-state index in [1.807, 2.05) is 0 Å². The predicted octanol–water partition coefficient (Wildman–Crippen LogP) is 2.15. The Morgan fingerprint density at radius 3 is 2.76 bits per heavy atom. The van der Waals surface area contributed by atoms with Crippen LogP contribution in [0.2, 0.25) is 0 Å². The van der Waals surface area contributed by atoms with E-state index in [0.717, 1.165) is 6.42 Å². The molecule has 0 aliphatic carbocycles. The largest absolute Gasteiger partial charge is 0.490 e. The van der Waals surface area contributed by atoms with E-state index in [4.69, 9.17) is 14.2 Å². The molecule has 1 aliphatic heterocycles. The van der Waals surface area contributed by atoms with Crippen LogP contribution in [0.5, 0.6) is 11.5 Å². The van der Waals surface area contributed by atoms with Gasteiger partial charge in [-0.15, -0.1) is 0 Å². The third-order valence-corrected chi connectivity index (χ3v) is 4.65. The van der Waals surface area contributed by atoms with Crippen LogP contribution in [-0.2, 0) is 20.3 Å². The van der Waals surface area contributed by atoms with Gasteiger partial charge in [0.15, 0.2) is 11.5 Å². The van der Waals surface area contributed by atoms with E-state index in [9.17, 15) is 9.00 Å². The summed E-state index contributed by atoms with van der Waals surface area (Å²) in [6.45, 7) is 5.02. The maximum atomic E-state index is 12.3. The number of esters is 1. The molecule has 0 aromatic heterocycles. The summed E-state index contributed by atoms with van der Waals surface area (Å²) >= 11 is 0. The Bertz CT molecular complexity index is 529. The highest BCUT2D eigenvalue weighted by Crippen LogP contribution is 2.31. The van der Waals surface area contributed by atoms with Gasteiger partial charge in [0.2, 0.25) is 0 Å². The van der Waals surface area contributed by atoms with Crippen molar-refractivity contribution in [1.82, 2.24) is 0 Å². The molecular weight excluding hydrogens is 292 g/mol. The molecule has 0 radical (unpaired) electrons. The molecule has 21 heavy (non-hydrogen) atoms. The molecule has 1 aliphatic rings. The maximum Gasteiger partial charge on any atom is 0.309 e. The first-order chi connectivity index (χ1) is 10.1. The van der Waals surface area contributed by atoms with Crippen LogP contribution in [0.25, 0.3) is 0 Å². The van der Waals surface area contributed by atoms with Crippen LogP contribution in [0.1, 0.15) is 20.3 Å². The van der Waals surface area contributed by atoms with Crippen molar-refractivity contribution in [2.45, 2.75) is 25.2 Å². The minimum absolute atomic E-state index is 0.235. The zero-order chi connectivity index (χ0) is 15.2. The quantitative estimate of drug-likeness (QED) is 0.780. The second-order valence-electron chi connectivity index (χ2n) is 4.82. The van der Waals surface area contributed by atoms with Crippen molar-refractivity contribution in [3.63, 3.8) is 0 Å². The molecule has 6 heteroatoms. The first-order valence-corrected chi connectivity index (χ1v) is 8.38. The number of ether oxygens (including phenoxy) is 3. The average molecular weight is 312 g/mol. The van der Waals surface area contributed by atoms with Gasteiger partial charge in [0.05, 0.1) is 36.5 Å².